The van der Waals surface area contributed by atoms with Crippen molar-refractivity contribution in [3.8, 4) is 0 Å². The second-order valence-electron chi connectivity index (χ2n) is 9.08. The van der Waals surface area contributed by atoms with Gasteiger partial charge in [0.1, 0.15) is 0 Å². The zero-order valence-electron chi connectivity index (χ0n) is 19.6. The quantitative estimate of drug-likeness (QED) is 0.384. The standard InChI is InChI=1S/C34H27N/c1-3-15-30(16-4-1)35(31-17-5-2-6-18-31)32-22-20-27(21-23-32)26-28-12-11-14-29-13-7-9-24-34(29)25-10-8-19-33(28)34/h1-24,26H,25H2. The highest BCUT2D eigenvalue weighted by atomic mass is 15.1. The summed E-state index contributed by atoms with van der Waals surface area (Å²) in [5.74, 6) is 0. The molecule has 35 heavy (non-hydrogen) atoms. The Bertz CT molecular complexity index is 1390. The number of anilines is 3. The van der Waals surface area contributed by atoms with E-state index in [0.29, 0.717) is 0 Å². The van der Waals surface area contributed by atoms with Crippen molar-refractivity contribution in [3.63, 3.8) is 0 Å². The van der Waals surface area contributed by atoms with Crippen molar-refractivity contribution in [2.45, 2.75) is 6.42 Å². The fraction of sp³-hybridized carbons (Fsp3) is 0.0588. The van der Waals surface area contributed by atoms with Crippen LogP contribution in [-0.4, -0.2) is 0 Å². The van der Waals surface area contributed by atoms with Gasteiger partial charge in [0, 0.05) is 22.5 Å². The first kappa shape index (κ1) is 21.2. The molecule has 3 aliphatic rings. The van der Waals surface area contributed by atoms with E-state index in [0.717, 1.165) is 23.5 Å². The fourth-order valence-electron chi connectivity index (χ4n) is 5.26. The van der Waals surface area contributed by atoms with Gasteiger partial charge in [0.2, 0.25) is 0 Å². The Morgan fingerprint density at radius 1 is 0.629 bits per heavy atom. The first-order valence-electron chi connectivity index (χ1n) is 12.2. The number of rotatable bonds is 4. The highest BCUT2D eigenvalue weighted by molar-refractivity contribution is 5.77. The average molecular weight is 450 g/mol. The van der Waals surface area contributed by atoms with Crippen LogP contribution in [0.1, 0.15) is 12.0 Å². The van der Waals surface area contributed by atoms with E-state index < -0.39 is 0 Å². The lowest BCUT2D eigenvalue weighted by Gasteiger charge is -2.37. The maximum atomic E-state index is 2.36. The number of nitrogens with zero attached hydrogens (tertiary/aromatic N) is 1. The highest BCUT2D eigenvalue weighted by Gasteiger charge is 2.37. The smallest absolute Gasteiger partial charge is 0.0462 e. The molecule has 0 amide bonds. The molecule has 0 radical (unpaired) electrons. The molecule has 1 nitrogen and oxygen atoms in total. The lowest BCUT2D eigenvalue weighted by Crippen LogP contribution is -2.25. The molecule has 3 aromatic carbocycles. The van der Waals surface area contributed by atoms with Gasteiger partial charge >= 0.3 is 0 Å². The van der Waals surface area contributed by atoms with Crippen molar-refractivity contribution in [1.82, 2.24) is 0 Å². The van der Waals surface area contributed by atoms with Gasteiger partial charge in [-0.1, -0.05) is 109 Å². The predicted molar refractivity (Wildman–Crippen MR) is 149 cm³/mol. The number of allylic oxidation sites excluding steroid dienone is 13. The van der Waals surface area contributed by atoms with Crippen molar-refractivity contribution in [1.29, 1.82) is 0 Å². The molecule has 1 unspecified atom stereocenters. The van der Waals surface area contributed by atoms with Crippen molar-refractivity contribution >= 4 is 23.1 Å². The van der Waals surface area contributed by atoms with Crippen LogP contribution < -0.4 is 4.90 Å². The molecule has 0 saturated heterocycles. The van der Waals surface area contributed by atoms with Gasteiger partial charge in [0.25, 0.3) is 0 Å². The fourth-order valence-corrected chi connectivity index (χ4v) is 5.26. The molecule has 168 valence electrons. The monoisotopic (exact) mass is 449 g/mol. The molecule has 0 heterocycles. The Balaban J connectivity index is 1.37. The van der Waals surface area contributed by atoms with Crippen LogP contribution >= 0.6 is 0 Å². The van der Waals surface area contributed by atoms with Crippen LogP contribution in [-0.2, 0) is 0 Å². The zero-order chi connectivity index (χ0) is 23.5. The van der Waals surface area contributed by atoms with E-state index in [1.54, 1.807) is 0 Å². The van der Waals surface area contributed by atoms with Crippen molar-refractivity contribution < 1.29 is 0 Å². The highest BCUT2D eigenvalue weighted by Crippen LogP contribution is 2.50. The van der Waals surface area contributed by atoms with Crippen LogP contribution in [0.4, 0.5) is 17.1 Å². The molecule has 0 fully saturated rings. The summed E-state index contributed by atoms with van der Waals surface area (Å²) in [7, 11) is 0. The van der Waals surface area contributed by atoms with E-state index in [9.17, 15) is 0 Å². The molecule has 1 heteroatoms. The van der Waals surface area contributed by atoms with Crippen LogP contribution in [0.25, 0.3) is 6.08 Å². The third-order valence-corrected chi connectivity index (χ3v) is 6.97. The summed E-state index contributed by atoms with van der Waals surface area (Å²) in [5.41, 5.74) is 8.53. The second kappa shape index (κ2) is 9.12. The maximum absolute atomic E-state index is 2.36. The van der Waals surface area contributed by atoms with Crippen molar-refractivity contribution in [3.05, 3.63) is 168 Å². The van der Waals surface area contributed by atoms with Crippen LogP contribution in [0.3, 0.4) is 0 Å². The topological polar surface area (TPSA) is 3.24 Å². The number of hydrogen-bond acceptors (Lipinski definition) is 1. The van der Waals surface area contributed by atoms with Crippen molar-refractivity contribution in [2.24, 2.45) is 5.41 Å². The Kier molecular flexibility index (Phi) is 5.52. The van der Waals surface area contributed by atoms with Gasteiger partial charge < -0.3 is 4.90 Å². The van der Waals surface area contributed by atoms with Crippen LogP contribution in [0, 0.1) is 5.41 Å². The molecular weight excluding hydrogens is 422 g/mol. The minimum atomic E-state index is -0.0732. The summed E-state index contributed by atoms with van der Waals surface area (Å²) < 4.78 is 0. The maximum Gasteiger partial charge on any atom is 0.0462 e. The SMILES string of the molecule is C1=CCC23C=CC=CC2=CC=CC(=Cc2ccc(N(c4ccccc4)c4ccccc4)cc2)C3=C1. The molecule has 0 aromatic heterocycles. The Morgan fingerprint density at radius 3 is 2.03 bits per heavy atom. The zero-order valence-corrected chi connectivity index (χ0v) is 19.6. The molecule has 0 aliphatic heterocycles. The Hall–Kier alpha value is -4.36. The van der Waals surface area contributed by atoms with Gasteiger partial charge in [0.05, 0.1) is 0 Å². The van der Waals surface area contributed by atoms with E-state index in [4.69, 9.17) is 0 Å². The summed E-state index contributed by atoms with van der Waals surface area (Å²) in [5, 5.41) is 0. The first-order valence-corrected chi connectivity index (χ1v) is 12.2. The number of para-hydroxylation sites is 2. The summed E-state index contributed by atoms with van der Waals surface area (Å²) in [6.07, 6.45) is 25.7. The third kappa shape index (κ3) is 3.96. The molecule has 0 bridgehead atoms. The number of benzene rings is 3. The van der Waals surface area contributed by atoms with Crippen molar-refractivity contribution in [2.75, 3.05) is 4.90 Å². The van der Waals surface area contributed by atoms with Crippen LogP contribution in [0.5, 0.6) is 0 Å². The van der Waals surface area contributed by atoms with E-state index in [2.05, 4.69) is 157 Å². The Labute approximate surface area is 207 Å². The molecule has 0 N–H and O–H groups in total. The minimum absolute atomic E-state index is 0.0732. The molecule has 3 aliphatic carbocycles. The van der Waals surface area contributed by atoms with E-state index in [1.807, 2.05) is 0 Å². The Morgan fingerprint density at radius 2 is 1.31 bits per heavy atom. The first-order chi connectivity index (χ1) is 17.3. The normalized spacial score (nSPS) is 21.1. The predicted octanol–water partition coefficient (Wildman–Crippen LogP) is 9.03. The molecule has 6 rings (SSSR count). The number of hydrogen-bond donors (Lipinski definition) is 0. The van der Waals surface area contributed by atoms with Crippen LogP contribution in [0.2, 0.25) is 0 Å². The lowest BCUT2D eigenvalue weighted by molar-refractivity contribution is 0.571. The molecular formula is C34H27N. The largest absolute Gasteiger partial charge is 0.311 e. The van der Waals surface area contributed by atoms with E-state index in [-0.39, 0.29) is 5.41 Å². The van der Waals surface area contributed by atoms with Gasteiger partial charge in [-0.15, -0.1) is 0 Å². The lowest BCUT2D eigenvalue weighted by atomic mass is 9.66. The van der Waals surface area contributed by atoms with E-state index in [1.165, 1.54) is 22.3 Å². The van der Waals surface area contributed by atoms with Gasteiger partial charge in [-0.3, -0.25) is 0 Å². The van der Waals surface area contributed by atoms with Gasteiger partial charge in [-0.2, -0.15) is 0 Å². The summed E-state index contributed by atoms with van der Waals surface area (Å²) in [4.78, 5) is 2.29. The second-order valence-corrected chi connectivity index (χ2v) is 9.08. The molecule has 0 saturated carbocycles. The van der Waals surface area contributed by atoms with Gasteiger partial charge in [-0.05, 0) is 71.2 Å². The summed E-state index contributed by atoms with van der Waals surface area (Å²) >= 11 is 0. The summed E-state index contributed by atoms with van der Waals surface area (Å²) in [6, 6.07) is 29.9. The molecule has 1 spiro atoms. The van der Waals surface area contributed by atoms with Gasteiger partial charge in [-0.25, -0.2) is 0 Å². The van der Waals surface area contributed by atoms with E-state index >= 15 is 0 Å². The van der Waals surface area contributed by atoms with Gasteiger partial charge in [0.15, 0.2) is 0 Å². The third-order valence-electron chi connectivity index (χ3n) is 6.97. The minimum Gasteiger partial charge on any atom is -0.311 e. The summed E-state index contributed by atoms with van der Waals surface area (Å²) in [6.45, 7) is 0. The molecule has 3 aromatic rings. The van der Waals surface area contributed by atoms with Crippen LogP contribution in [0.15, 0.2) is 162 Å². The molecule has 1 atom stereocenters. The average Bonchev–Trinajstić information content (AvgIpc) is 3.08.